The quantitative estimate of drug-likeness (QED) is 0.779. The van der Waals surface area contributed by atoms with Crippen LogP contribution in [0.25, 0.3) is 11.0 Å². The standard InChI is InChI=1S/C17H15N3O4/c1-19-12-6-7-20(9-11(12)15(18-19)17(22)23)16(21)14-8-10-4-2-3-5-13(10)24-14/h2-5,8H,6-7,9H2,1H3,(H,22,23). The lowest BCUT2D eigenvalue weighted by molar-refractivity contribution is 0.0666. The summed E-state index contributed by atoms with van der Waals surface area (Å²) in [4.78, 5) is 25.7. The molecule has 1 N–H and O–H groups in total. The van der Waals surface area contributed by atoms with E-state index in [1.165, 1.54) is 0 Å². The molecule has 3 heterocycles. The lowest BCUT2D eigenvalue weighted by Crippen LogP contribution is -2.36. The highest BCUT2D eigenvalue weighted by Gasteiger charge is 2.30. The highest BCUT2D eigenvalue weighted by molar-refractivity contribution is 5.96. The van der Waals surface area contributed by atoms with E-state index < -0.39 is 5.97 Å². The predicted molar refractivity (Wildman–Crippen MR) is 84.8 cm³/mol. The van der Waals surface area contributed by atoms with Crippen LogP contribution in [0.2, 0.25) is 0 Å². The maximum Gasteiger partial charge on any atom is 0.356 e. The van der Waals surface area contributed by atoms with Gasteiger partial charge in [0.05, 0.1) is 6.54 Å². The Hall–Kier alpha value is -3.09. The monoisotopic (exact) mass is 325 g/mol. The van der Waals surface area contributed by atoms with Crippen LogP contribution in [0.4, 0.5) is 0 Å². The molecule has 1 amide bonds. The first-order valence-electron chi connectivity index (χ1n) is 7.60. The molecule has 0 saturated carbocycles. The number of benzene rings is 1. The summed E-state index contributed by atoms with van der Waals surface area (Å²) in [6.45, 7) is 0.724. The Kier molecular flexibility index (Phi) is 3.16. The Balaban J connectivity index is 1.66. The number of aryl methyl sites for hydroxylation is 1. The number of aromatic nitrogens is 2. The molecule has 122 valence electrons. The van der Waals surface area contributed by atoms with Crippen molar-refractivity contribution in [3.05, 3.63) is 53.0 Å². The summed E-state index contributed by atoms with van der Waals surface area (Å²) >= 11 is 0. The largest absolute Gasteiger partial charge is 0.476 e. The minimum Gasteiger partial charge on any atom is -0.476 e. The maximum atomic E-state index is 12.7. The van der Waals surface area contributed by atoms with Crippen LogP contribution >= 0.6 is 0 Å². The van der Waals surface area contributed by atoms with E-state index in [1.807, 2.05) is 24.3 Å². The van der Waals surface area contributed by atoms with Crippen molar-refractivity contribution in [3.63, 3.8) is 0 Å². The van der Waals surface area contributed by atoms with Crippen LogP contribution in [-0.4, -0.2) is 38.2 Å². The number of furan rings is 1. The first kappa shape index (κ1) is 14.5. The van der Waals surface area contributed by atoms with Crippen LogP contribution in [-0.2, 0) is 20.0 Å². The molecule has 7 nitrogen and oxygen atoms in total. The number of para-hydroxylation sites is 1. The molecule has 7 heteroatoms. The van der Waals surface area contributed by atoms with Crippen LogP contribution in [0.1, 0.15) is 32.3 Å². The number of carbonyl (C=O) groups excluding carboxylic acids is 1. The van der Waals surface area contributed by atoms with Crippen molar-refractivity contribution in [2.45, 2.75) is 13.0 Å². The van der Waals surface area contributed by atoms with Gasteiger partial charge in [0, 0.05) is 36.7 Å². The summed E-state index contributed by atoms with van der Waals surface area (Å²) in [7, 11) is 1.72. The topological polar surface area (TPSA) is 88.6 Å². The van der Waals surface area contributed by atoms with Crippen LogP contribution in [0.5, 0.6) is 0 Å². The van der Waals surface area contributed by atoms with Crippen molar-refractivity contribution in [3.8, 4) is 0 Å². The fraction of sp³-hybridized carbons (Fsp3) is 0.235. The van der Waals surface area contributed by atoms with E-state index in [0.29, 0.717) is 24.1 Å². The van der Waals surface area contributed by atoms with Gasteiger partial charge in [-0.15, -0.1) is 0 Å². The van der Waals surface area contributed by atoms with Gasteiger partial charge >= 0.3 is 5.97 Å². The fourth-order valence-electron chi connectivity index (χ4n) is 3.18. The van der Waals surface area contributed by atoms with Crippen LogP contribution in [0, 0.1) is 0 Å². The molecule has 4 rings (SSSR count). The number of hydrogen-bond donors (Lipinski definition) is 1. The van der Waals surface area contributed by atoms with Crippen molar-refractivity contribution in [1.82, 2.24) is 14.7 Å². The molecule has 0 spiro atoms. The van der Waals surface area contributed by atoms with Crippen LogP contribution in [0.15, 0.2) is 34.7 Å². The predicted octanol–water partition coefficient (Wildman–Crippen LogP) is 2.06. The number of fused-ring (bicyclic) bond motifs is 2. The molecule has 0 aliphatic carbocycles. The normalized spacial score (nSPS) is 14.0. The third kappa shape index (κ3) is 2.17. The molecule has 1 aromatic carbocycles. The number of carboxylic acid groups (broad SMARTS) is 1. The molecule has 0 saturated heterocycles. The number of hydrogen-bond acceptors (Lipinski definition) is 4. The van der Waals surface area contributed by atoms with E-state index in [0.717, 1.165) is 11.1 Å². The van der Waals surface area contributed by atoms with E-state index in [4.69, 9.17) is 4.42 Å². The second-order valence-corrected chi connectivity index (χ2v) is 5.83. The summed E-state index contributed by atoms with van der Waals surface area (Å²) in [6.07, 6.45) is 0.568. The van der Waals surface area contributed by atoms with E-state index in [1.54, 1.807) is 22.7 Å². The molecule has 24 heavy (non-hydrogen) atoms. The highest BCUT2D eigenvalue weighted by Crippen LogP contribution is 2.25. The molecule has 0 atom stereocenters. The average Bonchev–Trinajstić information content (AvgIpc) is 3.15. The Labute approximate surface area is 137 Å². The molecule has 3 aromatic rings. The second kappa shape index (κ2) is 5.23. The lowest BCUT2D eigenvalue weighted by Gasteiger charge is -2.26. The molecule has 0 bridgehead atoms. The number of amides is 1. The fourth-order valence-corrected chi connectivity index (χ4v) is 3.18. The first-order chi connectivity index (χ1) is 11.5. The number of carbonyl (C=O) groups is 2. The Morgan fingerprint density at radius 1 is 1.29 bits per heavy atom. The van der Waals surface area contributed by atoms with Gasteiger partial charge in [0.2, 0.25) is 0 Å². The van der Waals surface area contributed by atoms with E-state index in [2.05, 4.69) is 5.10 Å². The molecular formula is C17H15N3O4. The molecule has 1 aliphatic heterocycles. The molecular weight excluding hydrogens is 310 g/mol. The first-order valence-corrected chi connectivity index (χ1v) is 7.60. The van der Waals surface area contributed by atoms with Crippen molar-refractivity contribution >= 4 is 22.8 Å². The third-order valence-electron chi connectivity index (χ3n) is 4.37. The molecule has 0 fully saturated rings. The van der Waals surface area contributed by atoms with Crippen molar-refractivity contribution in [2.75, 3.05) is 6.54 Å². The smallest absolute Gasteiger partial charge is 0.356 e. The Morgan fingerprint density at radius 2 is 2.08 bits per heavy atom. The van der Waals surface area contributed by atoms with Gasteiger partial charge < -0.3 is 14.4 Å². The zero-order valence-corrected chi connectivity index (χ0v) is 13.0. The van der Waals surface area contributed by atoms with Crippen molar-refractivity contribution in [1.29, 1.82) is 0 Å². The van der Waals surface area contributed by atoms with Crippen molar-refractivity contribution in [2.24, 2.45) is 7.05 Å². The van der Waals surface area contributed by atoms with Gasteiger partial charge in [-0.2, -0.15) is 5.10 Å². The van der Waals surface area contributed by atoms with Gasteiger partial charge in [-0.1, -0.05) is 18.2 Å². The van der Waals surface area contributed by atoms with Gasteiger partial charge in [-0.05, 0) is 12.1 Å². The zero-order chi connectivity index (χ0) is 16.8. The van der Waals surface area contributed by atoms with Gasteiger partial charge in [-0.3, -0.25) is 9.48 Å². The number of rotatable bonds is 2. The van der Waals surface area contributed by atoms with E-state index >= 15 is 0 Å². The third-order valence-corrected chi connectivity index (χ3v) is 4.37. The van der Waals surface area contributed by atoms with Crippen LogP contribution < -0.4 is 0 Å². The number of carboxylic acids is 1. The minimum absolute atomic E-state index is 0.00889. The summed E-state index contributed by atoms with van der Waals surface area (Å²) in [5.74, 6) is -1.05. The summed E-state index contributed by atoms with van der Waals surface area (Å²) in [5.41, 5.74) is 2.13. The van der Waals surface area contributed by atoms with Gasteiger partial charge in [0.15, 0.2) is 11.5 Å². The number of aromatic carboxylic acids is 1. The van der Waals surface area contributed by atoms with E-state index in [9.17, 15) is 14.7 Å². The molecule has 0 radical (unpaired) electrons. The number of nitrogens with zero attached hydrogens (tertiary/aromatic N) is 3. The minimum atomic E-state index is -1.08. The van der Waals surface area contributed by atoms with Gasteiger partial charge in [0.1, 0.15) is 5.58 Å². The summed E-state index contributed by atoms with van der Waals surface area (Å²) in [6, 6.07) is 9.14. The Bertz CT molecular complexity index is 937. The average molecular weight is 325 g/mol. The lowest BCUT2D eigenvalue weighted by atomic mass is 10.0. The Morgan fingerprint density at radius 3 is 2.83 bits per heavy atom. The molecule has 0 unspecified atom stereocenters. The second-order valence-electron chi connectivity index (χ2n) is 5.83. The highest BCUT2D eigenvalue weighted by atomic mass is 16.4. The van der Waals surface area contributed by atoms with Gasteiger partial charge in [0.25, 0.3) is 5.91 Å². The van der Waals surface area contributed by atoms with Gasteiger partial charge in [-0.25, -0.2) is 4.79 Å². The summed E-state index contributed by atoms with van der Waals surface area (Å²) in [5, 5.41) is 14.2. The van der Waals surface area contributed by atoms with Crippen LogP contribution in [0.3, 0.4) is 0 Å². The molecule has 1 aliphatic rings. The molecule has 2 aromatic heterocycles. The SMILES string of the molecule is Cn1nc(C(=O)O)c2c1CCN(C(=O)c1cc3ccccc3o1)C2. The summed E-state index contributed by atoms with van der Waals surface area (Å²) < 4.78 is 7.21. The van der Waals surface area contributed by atoms with E-state index in [-0.39, 0.29) is 23.9 Å². The zero-order valence-electron chi connectivity index (χ0n) is 13.0. The maximum absolute atomic E-state index is 12.7. The van der Waals surface area contributed by atoms with Crippen molar-refractivity contribution < 1.29 is 19.1 Å².